The third-order valence-electron chi connectivity index (χ3n) is 4.57. The van der Waals surface area contributed by atoms with Crippen LogP contribution in [-0.2, 0) is 22.3 Å². The van der Waals surface area contributed by atoms with Gasteiger partial charge in [0.15, 0.2) is 5.82 Å². The van der Waals surface area contributed by atoms with Crippen LogP contribution in [0.3, 0.4) is 0 Å². The first-order valence-corrected chi connectivity index (χ1v) is 9.19. The molecule has 3 rings (SSSR count). The van der Waals surface area contributed by atoms with E-state index < -0.39 is 23.7 Å². The number of carbonyl (C=O) groups is 1. The van der Waals surface area contributed by atoms with Crippen molar-refractivity contribution in [2.45, 2.75) is 31.9 Å². The summed E-state index contributed by atoms with van der Waals surface area (Å²) in [5, 5.41) is 3.03. The Labute approximate surface area is 170 Å². The molecule has 1 aromatic heterocycles. The predicted molar refractivity (Wildman–Crippen MR) is 101 cm³/mol. The lowest BCUT2D eigenvalue weighted by molar-refractivity contribution is -0.137. The van der Waals surface area contributed by atoms with Crippen molar-refractivity contribution in [2.75, 3.05) is 18.4 Å². The molecule has 2 atom stereocenters. The van der Waals surface area contributed by atoms with Gasteiger partial charge in [-0.3, -0.25) is 4.79 Å². The zero-order valence-electron chi connectivity index (χ0n) is 16.1. The number of ether oxygens (including phenoxy) is 1. The van der Waals surface area contributed by atoms with Gasteiger partial charge in [-0.2, -0.15) is 13.2 Å². The van der Waals surface area contributed by atoms with Gasteiger partial charge in [0.05, 0.1) is 36.7 Å². The predicted octanol–water partition coefficient (Wildman–Crippen LogP) is 3.42. The lowest BCUT2D eigenvalue weighted by Crippen LogP contribution is -2.35. The monoisotopic (exact) mass is 424 g/mol. The number of anilines is 1. The lowest BCUT2D eigenvalue weighted by Gasteiger charge is -2.20. The van der Waals surface area contributed by atoms with E-state index in [1.807, 2.05) is 0 Å². The van der Waals surface area contributed by atoms with Gasteiger partial charge in [-0.1, -0.05) is 18.2 Å². The third kappa shape index (κ3) is 5.53. The van der Waals surface area contributed by atoms with Gasteiger partial charge < -0.3 is 15.0 Å². The van der Waals surface area contributed by atoms with E-state index in [9.17, 15) is 22.4 Å². The molecule has 6 nitrogen and oxygen atoms in total. The van der Waals surface area contributed by atoms with Gasteiger partial charge in [-0.25, -0.2) is 14.4 Å². The number of aromatic nitrogens is 2. The molecular formula is C20H20F4N4O2. The van der Waals surface area contributed by atoms with Gasteiger partial charge in [0.2, 0.25) is 11.9 Å². The van der Waals surface area contributed by atoms with E-state index in [-0.39, 0.29) is 31.0 Å². The molecule has 0 spiro atoms. The molecule has 1 amide bonds. The van der Waals surface area contributed by atoms with Crippen LogP contribution in [0.25, 0.3) is 0 Å². The summed E-state index contributed by atoms with van der Waals surface area (Å²) in [6.07, 6.45) is 0.238. The minimum absolute atomic E-state index is 0.0664. The van der Waals surface area contributed by atoms with Crippen LogP contribution in [0.5, 0.6) is 0 Å². The molecule has 1 aliphatic heterocycles. The van der Waals surface area contributed by atoms with Crippen LogP contribution in [0.2, 0.25) is 0 Å². The number of carbonyl (C=O) groups excluding carboxylic acids is 1. The number of rotatable bonds is 6. The maximum Gasteiger partial charge on any atom is 0.416 e. The van der Waals surface area contributed by atoms with Crippen molar-refractivity contribution in [1.82, 2.24) is 14.9 Å². The molecule has 0 radical (unpaired) electrons. The maximum atomic E-state index is 13.0. The number of halogens is 4. The van der Waals surface area contributed by atoms with Crippen molar-refractivity contribution < 1.29 is 27.1 Å². The van der Waals surface area contributed by atoms with E-state index in [0.29, 0.717) is 12.1 Å². The van der Waals surface area contributed by atoms with E-state index in [1.54, 1.807) is 17.9 Å². The molecule has 2 aromatic rings. The van der Waals surface area contributed by atoms with Crippen LogP contribution < -0.4 is 5.32 Å². The van der Waals surface area contributed by atoms with Gasteiger partial charge in [0.1, 0.15) is 0 Å². The van der Waals surface area contributed by atoms with Gasteiger partial charge in [-0.15, -0.1) is 0 Å². The number of hydrogen-bond donors (Lipinski definition) is 1. The number of amides is 1. The fourth-order valence-corrected chi connectivity index (χ4v) is 3.06. The van der Waals surface area contributed by atoms with Gasteiger partial charge in [-0.05, 0) is 30.7 Å². The van der Waals surface area contributed by atoms with Gasteiger partial charge in [0.25, 0.3) is 0 Å². The van der Waals surface area contributed by atoms with Crippen LogP contribution in [0.1, 0.15) is 18.1 Å². The molecule has 2 heterocycles. The van der Waals surface area contributed by atoms with Crippen LogP contribution in [0.15, 0.2) is 48.8 Å². The first-order valence-electron chi connectivity index (χ1n) is 9.19. The normalized spacial score (nSPS) is 19.4. The molecule has 0 unspecified atom stereocenters. The van der Waals surface area contributed by atoms with E-state index >= 15 is 0 Å². The van der Waals surface area contributed by atoms with Crippen molar-refractivity contribution in [2.24, 2.45) is 0 Å². The molecule has 1 aromatic carbocycles. The molecular weight excluding hydrogens is 404 g/mol. The quantitative estimate of drug-likeness (QED) is 0.569. The molecule has 1 aliphatic rings. The number of alkyl halides is 3. The van der Waals surface area contributed by atoms with E-state index in [0.717, 1.165) is 24.5 Å². The molecule has 10 heteroatoms. The molecule has 30 heavy (non-hydrogen) atoms. The van der Waals surface area contributed by atoms with Crippen molar-refractivity contribution in [3.8, 4) is 0 Å². The maximum absolute atomic E-state index is 13.0. The highest BCUT2D eigenvalue weighted by molar-refractivity contribution is 5.87. The van der Waals surface area contributed by atoms with E-state index in [4.69, 9.17) is 4.74 Å². The second-order valence-corrected chi connectivity index (χ2v) is 6.76. The van der Waals surface area contributed by atoms with Crippen molar-refractivity contribution in [1.29, 1.82) is 0 Å². The smallest absolute Gasteiger partial charge is 0.369 e. The third-order valence-corrected chi connectivity index (χ3v) is 4.57. The Hall–Kier alpha value is -3.01. The fraction of sp³-hybridized carbons (Fsp3) is 0.350. The van der Waals surface area contributed by atoms with Gasteiger partial charge >= 0.3 is 6.18 Å². The lowest BCUT2D eigenvalue weighted by atomic mass is 10.1. The first kappa shape index (κ1) is 21.7. The summed E-state index contributed by atoms with van der Waals surface area (Å²) >= 11 is 0. The Morgan fingerprint density at radius 2 is 1.90 bits per heavy atom. The highest BCUT2D eigenvalue weighted by Crippen LogP contribution is 2.29. The highest BCUT2D eigenvalue weighted by atomic mass is 19.4. The summed E-state index contributed by atoms with van der Waals surface area (Å²) in [4.78, 5) is 21.5. The summed E-state index contributed by atoms with van der Waals surface area (Å²) in [6.45, 7) is 2.38. The number of nitrogens with zero attached hydrogens (tertiary/aromatic N) is 3. The largest absolute Gasteiger partial charge is 0.416 e. The summed E-state index contributed by atoms with van der Waals surface area (Å²) in [5.41, 5.74) is -0.166. The Morgan fingerprint density at radius 1 is 1.23 bits per heavy atom. The molecule has 1 N–H and O–H groups in total. The highest BCUT2D eigenvalue weighted by Gasteiger charge is 2.36. The molecule has 0 saturated carbocycles. The summed E-state index contributed by atoms with van der Waals surface area (Å²) in [7, 11) is 0. The standard InChI is InChI=1S/C20H20F4N4O2/c1-2-3-18(29)28-10-16(27-19-25-8-15(21)9-26-19)17(11-28)30-12-13-4-6-14(7-5-13)20(22,23)24/h2-9,16-17H,10-12H2,1H3,(H,25,26,27)/b3-2+/t16-,17-/m1/s1. The number of nitrogens with one attached hydrogen (secondary N) is 1. The van der Waals surface area contributed by atoms with Crippen LogP contribution >= 0.6 is 0 Å². The number of benzene rings is 1. The average molecular weight is 424 g/mol. The second kappa shape index (κ2) is 9.21. The number of allylic oxidation sites excluding steroid dienone is 1. The summed E-state index contributed by atoms with van der Waals surface area (Å²) in [6, 6.07) is 4.33. The van der Waals surface area contributed by atoms with E-state index in [2.05, 4.69) is 15.3 Å². The minimum Gasteiger partial charge on any atom is -0.369 e. The first-order chi connectivity index (χ1) is 14.3. The topological polar surface area (TPSA) is 67.4 Å². The van der Waals surface area contributed by atoms with Crippen molar-refractivity contribution in [3.05, 3.63) is 65.8 Å². The second-order valence-electron chi connectivity index (χ2n) is 6.76. The molecule has 0 bridgehead atoms. The average Bonchev–Trinajstić information content (AvgIpc) is 3.11. The zero-order valence-corrected chi connectivity index (χ0v) is 16.1. The minimum atomic E-state index is -4.40. The van der Waals surface area contributed by atoms with Gasteiger partial charge in [0, 0.05) is 13.1 Å². The van der Waals surface area contributed by atoms with Crippen LogP contribution in [0.4, 0.5) is 23.5 Å². The number of hydrogen-bond acceptors (Lipinski definition) is 5. The zero-order chi connectivity index (χ0) is 21.7. The summed E-state index contributed by atoms with van der Waals surface area (Å²) < 4.78 is 57.0. The van der Waals surface area contributed by atoms with Crippen molar-refractivity contribution >= 4 is 11.9 Å². The molecule has 1 saturated heterocycles. The Bertz CT molecular complexity index is 885. The van der Waals surface area contributed by atoms with Crippen LogP contribution in [-0.4, -0.2) is 46.0 Å². The van der Waals surface area contributed by atoms with E-state index in [1.165, 1.54) is 18.2 Å². The Kier molecular flexibility index (Phi) is 6.66. The summed E-state index contributed by atoms with van der Waals surface area (Å²) in [5.74, 6) is -0.582. The number of likely N-dealkylation sites (tertiary alicyclic amines) is 1. The Morgan fingerprint density at radius 3 is 2.50 bits per heavy atom. The fourth-order valence-electron chi connectivity index (χ4n) is 3.06. The molecule has 160 valence electrons. The van der Waals surface area contributed by atoms with Crippen LogP contribution in [0, 0.1) is 5.82 Å². The van der Waals surface area contributed by atoms with Crippen molar-refractivity contribution in [3.63, 3.8) is 0 Å². The Balaban J connectivity index is 1.68. The molecule has 1 fully saturated rings. The molecule has 0 aliphatic carbocycles. The SMILES string of the molecule is C/C=C/C(=O)N1C[C@@H](Nc2ncc(F)cn2)[C@H](OCc2ccc(C(F)(F)F)cc2)C1.